The van der Waals surface area contributed by atoms with E-state index in [4.69, 9.17) is 0 Å². The molecule has 0 aromatic carbocycles. The van der Waals surface area contributed by atoms with Crippen LogP contribution in [-0.4, -0.2) is 31.4 Å². The summed E-state index contributed by atoms with van der Waals surface area (Å²) in [6.45, 7) is 7.73. The Balaban J connectivity index is 2.28. The van der Waals surface area contributed by atoms with Crippen molar-refractivity contribution in [2.24, 2.45) is 0 Å². The Morgan fingerprint density at radius 1 is 1.33 bits per heavy atom. The molecule has 2 heterocycles. The van der Waals surface area contributed by atoms with Gasteiger partial charge in [-0.2, -0.15) is 5.10 Å². The fraction of sp³-hybridized carbons (Fsp3) is 0.583. The molecule has 6 nitrogen and oxygen atoms in total. The van der Waals surface area contributed by atoms with E-state index in [1.807, 2.05) is 24.9 Å². The predicted molar refractivity (Wildman–Crippen MR) is 69.2 cm³/mol. The minimum Gasteiger partial charge on any atom is -0.323 e. The van der Waals surface area contributed by atoms with Gasteiger partial charge < -0.3 is 9.88 Å². The number of rotatable bonds is 5. The Bertz CT molecular complexity index is 510. The van der Waals surface area contributed by atoms with Crippen molar-refractivity contribution < 1.29 is 0 Å². The highest BCUT2D eigenvalue weighted by Gasteiger charge is 2.12. The lowest BCUT2D eigenvalue weighted by Gasteiger charge is -2.13. The number of hydrogen-bond donors (Lipinski definition) is 1. The minimum absolute atomic E-state index is 0.319. The van der Waals surface area contributed by atoms with E-state index in [1.54, 1.807) is 6.33 Å². The van der Waals surface area contributed by atoms with E-state index >= 15 is 0 Å². The van der Waals surface area contributed by atoms with E-state index in [2.05, 4.69) is 38.8 Å². The summed E-state index contributed by atoms with van der Waals surface area (Å²) in [5.74, 6) is 1.96. The largest absolute Gasteiger partial charge is 0.323 e. The Labute approximate surface area is 107 Å². The van der Waals surface area contributed by atoms with Crippen molar-refractivity contribution in [3.8, 4) is 0 Å². The fourth-order valence-electron chi connectivity index (χ4n) is 2.01. The van der Waals surface area contributed by atoms with Crippen molar-refractivity contribution in [2.75, 3.05) is 7.05 Å². The van der Waals surface area contributed by atoms with E-state index in [0.29, 0.717) is 12.6 Å². The van der Waals surface area contributed by atoms with Gasteiger partial charge in [0.25, 0.3) is 0 Å². The van der Waals surface area contributed by atoms with E-state index in [0.717, 1.165) is 23.9 Å². The Morgan fingerprint density at radius 3 is 2.78 bits per heavy atom. The van der Waals surface area contributed by atoms with Gasteiger partial charge in [-0.3, -0.25) is 0 Å². The molecule has 0 unspecified atom stereocenters. The summed E-state index contributed by atoms with van der Waals surface area (Å²) in [5, 5.41) is 7.41. The minimum atomic E-state index is 0.319. The number of aryl methyl sites for hydroxylation is 1. The highest BCUT2D eigenvalue weighted by molar-refractivity contribution is 5.07. The molecule has 0 aliphatic rings. The van der Waals surface area contributed by atoms with Crippen molar-refractivity contribution in [1.29, 1.82) is 0 Å². The van der Waals surface area contributed by atoms with Gasteiger partial charge in [-0.15, -0.1) is 0 Å². The Kier molecular flexibility index (Phi) is 3.76. The lowest BCUT2D eigenvalue weighted by Crippen LogP contribution is -2.16. The van der Waals surface area contributed by atoms with Gasteiger partial charge in [0.2, 0.25) is 0 Å². The lowest BCUT2D eigenvalue weighted by molar-refractivity contribution is 0.491. The second kappa shape index (κ2) is 5.30. The summed E-state index contributed by atoms with van der Waals surface area (Å²) in [7, 11) is 1.93. The van der Waals surface area contributed by atoms with Crippen LogP contribution in [0.15, 0.2) is 12.5 Å². The van der Waals surface area contributed by atoms with Crippen LogP contribution in [-0.2, 0) is 13.1 Å². The summed E-state index contributed by atoms with van der Waals surface area (Å²) in [6, 6.07) is 0.319. The molecule has 0 aliphatic carbocycles. The average Bonchev–Trinajstić information content (AvgIpc) is 2.91. The maximum atomic E-state index is 4.36. The molecule has 0 spiro atoms. The van der Waals surface area contributed by atoms with Crippen LogP contribution >= 0.6 is 0 Å². The van der Waals surface area contributed by atoms with Crippen molar-refractivity contribution in [2.45, 2.75) is 39.9 Å². The topological polar surface area (TPSA) is 60.6 Å². The number of nitrogens with zero attached hydrogens (tertiary/aromatic N) is 5. The number of nitrogens with one attached hydrogen (secondary N) is 1. The summed E-state index contributed by atoms with van der Waals surface area (Å²) < 4.78 is 4.11. The molecule has 1 N–H and O–H groups in total. The molecular weight excluding hydrogens is 228 g/mol. The van der Waals surface area contributed by atoms with Crippen LogP contribution in [0.3, 0.4) is 0 Å². The summed E-state index contributed by atoms with van der Waals surface area (Å²) in [6.07, 6.45) is 3.52. The second-order valence-electron chi connectivity index (χ2n) is 4.63. The number of hydrogen-bond acceptors (Lipinski definition) is 4. The molecule has 98 valence electrons. The van der Waals surface area contributed by atoms with Gasteiger partial charge in [0.1, 0.15) is 18.0 Å². The maximum Gasteiger partial charge on any atom is 0.147 e. The Hall–Kier alpha value is -1.69. The standard InChI is InChI=1S/C12H20N6/c1-9(2)18-12(15-8-16-18)7-17-10(3)14-6-11(17)5-13-4/h6,8-9,13H,5,7H2,1-4H3. The van der Waals surface area contributed by atoms with Crippen LogP contribution in [0.5, 0.6) is 0 Å². The van der Waals surface area contributed by atoms with Crippen LogP contribution in [0, 0.1) is 6.92 Å². The molecule has 0 amide bonds. The molecule has 6 heteroatoms. The third-order valence-corrected chi connectivity index (χ3v) is 2.93. The zero-order chi connectivity index (χ0) is 13.1. The van der Waals surface area contributed by atoms with Gasteiger partial charge in [-0.1, -0.05) is 0 Å². The maximum absolute atomic E-state index is 4.36. The van der Waals surface area contributed by atoms with Crippen molar-refractivity contribution >= 4 is 0 Å². The van der Waals surface area contributed by atoms with Crippen molar-refractivity contribution in [3.05, 3.63) is 29.9 Å². The first-order chi connectivity index (χ1) is 8.63. The van der Waals surface area contributed by atoms with Crippen LogP contribution in [0.1, 0.15) is 37.2 Å². The molecule has 2 rings (SSSR count). The monoisotopic (exact) mass is 248 g/mol. The zero-order valence-electron chi connectivity index (χ0n) is 11.4. The zero-order valence-corrected chi connectivity index (χ0v) is 11.4. The van der Waals surface area contributed by atoms with Gasteiger partial charge in [0, 0.05) is 18.8 Å². The van der Waals surface area contributed by atoms with E-state index in [1.165, 1.54) is 0 Å². The molecule has 18 heavy (non-hydrogen) atoms. The first-order valence-corrected chi connectivity index (χ1v) is 6.17. The molecule has 0 fully saturated rings. The molecule has 0 saturated heterocycles. The normalized spacial score (nSPS) is 11.4. The fourth-order valence-corrected chi connectivity index (χ4v) is 2.01. The van der Waals surface area contributed by atoms with E-state index in [9.17, 15) is 0 Å². The second-order valence-corrected chi connectivity index (χ2v) is 4.63. The third-order valence-electron chi connectivity index (χ3n) is 2.93. The molecular formula is C12H20N6. The summed E-state index contributed by atoms with van der Waals surface area (Å²) in [5.41, 5.74) is 1.16. The van der Waals surface area contributed by atoms with E-state index in [-0.39, 0.29) is 0 Å². The summed E-state index contributed by atoms with van der Waals surface area (Å²) >= 11 is 0. The molecule has 0 bridgehead atoms. The average molecular weight is 248 g/mol. The van der Waals surface area contributed by atoms with Gasteiger partial charge in [0.15, 0.2) is 0 Å². The molecule has 2 aromatic heterocycles. The van der Waals surface area contributed by atoms with Gasteiger partial charge in [-0.25, -0.2) is 14.6 Å². The summed E-state index contributed by atoms with van der Waals surface area (Å²) in [4.78, 5) is 8.69. The SMILES string of the molecule is CNCc1cnc(C)n1Cc1ncnn1C(C)C. The first kappa shape index (κ1) is 12.8. The van der Waals surface area contributed by atoms with Crippen molar-refractivity contribution in [3.63, 3.8) is 0 Å². The van der Waals surface area contributed by atoms with Crippen LogP contribution in [0.2, 0.25) is 0 Å². The molecule has 0 atom stereocenters. The van der Waals surface area contributed by atoms with Crippen molar-refractivity contribution in [1.82, 2.24) is 29.6 Å². The van der Waals surface area contributed by atoms with E-state index < -0.39 is 0 Å². The number of aromatic nitrogens is 5. The van der Waals surface area contributed by atoms with Gasteiger partial charge >= 0.3 is 0 Å². The molecule has 0 saturated carbocycles. The quantitative estimate of drug-likeness (QED) is 0.861. The highest BCUT2D eigenvalue weighted by Crippen LogP contribution is 2.11. The highest BCUT2D eigenvalue weighted by atomic mass is 15.4. The lowest BCUT2D eigenvalue weighted by atomic mass is 10.4. The molecule has 0 aliphatic heterocycles. The van der Waals surface area contributed by atoms with Crippen LogP contribution < -0.4 is 5.32 Å². The Morgan fingerprint density at radius 2 is 2.11 bits per heavy atom. The first-order valence-electron chi connectivity index (χ1n) is 6.17. The number of imidazole rings is 1. The van der Waals surface area contributed by atoms with Crippen LogP contribution in [0.25, 0.3) is 0 Å². The predicted octanol–water partition coefficient (Wildman–Crippen LogP) is 1.13. The third kappa shape index (κ3) is 2.43. The smallest absolute Gasteiger partial charge is 0.147 e. The molecule has 0 radical (unpaired) electrons. The van der Waals surface area contributed by atoms with Gasteiger partial charge in [0.05, 0.1) is 12.2 Å². The van der Waals surface area contributed by atoms with Gasteiger partial charge in [-0.05, 0) is 27.8 Å². The van der Waals surface area contributed by atoms with Crippen LogP contribution in [0.4, 0.5) is 0 Å². The molecule has 2 aromatic rings.